The van der Waals surface area contributed by atoms with Crippen molar-refractivity contribution in [3.8, 4) is 0 Å². The molecule has 2 aromatic heterocycles. The molecular formula is C16H19ClN4. The van der Waals surface area contributed by atoms with E-state index >= 15 is 0 Å². The monoisotopic (exact) mass is 302 g/mol. The lowest BCUT2D eigenvalue weighted by molar-refractivity contribution is 0.627. The molecular weight excluding hydrogens is 284 g/mol. The molecule has 2 heterocycles. The molecule has 0 aliphatic carbocycles. The molecule has 5 heteroatoms. The van der Waals surface area contributed by atoms with Gasteiger partial charge in [0.25, 0.3) is 0 Å². The summed E-state index contributed by atoms with van der Waals surface area (Å²) in [5, 5.41) is 10.3. The molecule has 0 aliphatic heterocycles. The van der Waals surface area contributed by atoms with E-state index in [1.807, 2.05) is 33.9 Å². The molecule has 1 aromatic carbocycles. The van der Waals surface area contributed by atoms with Crippen molar-refractivity contribution in [1.82, 2.24) is 19.6 Å². The van der Waals surface area contributed by atoms with Crippen LogP contribution in [0.5, 0.6) is 0 Å². The third-order valence-corrected chi connectivity index (χ3v) is 4.28. The lowest BCUT2D eigenvalue weighted by atomic mass is 10.2. The molecule has 1 atom stereocenters. The average molecular weight is 303 g/mol. The second kappa shape index (κ2) is 5.90. The van der Waals surface area contributed by atoms with Crippen molar-refractivity contribution in [1.29, 1.82) is 0 Å². The number of nitrogens with zero attached hydrogens (tertiary/aromatic N) is 4. The Morgan fingerprint density at radius 1 is 1.24 bits per heavy atom. The smallest absolute Gasteiger partial charge is 0.0918 e. The molecule has 0 aliphatic rings. The van der Waals surface area contributed by atoms with Gasteiger partial charge in [0.15, 0.2) is 0 Å². The van der Waals surface area contributed by atoms with Crippen LogP contribution in [0.4, 0.5) is 0 Å². The van der Waals surface area contributed by atoms with E-state index in [4.69, 9.17) is 16.7 Å². The average Bonchev–Trinajstić information content (AvgIpc) is 3.12. The Hall–Kier alpha value is -1.81. The minimum Gasteiger partial charge on any atom is -0.266 e. The van der Waals surface area contributed by atoms with E-state index in [0.29, 0.717) is 6.54 Å². The van der Waals surface area contributed by atoms with Crippen LogP contribution < -0.4 is 0 Å². The number of fused-ring (bicyclic) bond motifs is 1. The summed E-state index contributed by atoms with van der Waals surface area (Å²) in [5.41, 5.74) is 3.29. The zero-order valence-corrected chi connectivity index (χ0v) is 13.1. The van der Waals surface area contributed by atoms with E-state index in [0.717, 1.165) is 24.2 Å². The summed E-state index contributed by atoms with van der Waals surface area (Å²) >= 11 is 6.26. The summed E-state index contributed by atoms with van der Waals surface area (Å²) in [5.74, 6) is 0. The lowest BCUT2D eigenvalue weighted by Crippen LogP contribution is -2.03. The molecule has 0 saturated heterocycles. The number of benzene rings is 1. The highest BCUT2D eigenvalue weighted by Crippen LogP contribution is 2.24. The largest absolute Gasteiger partial charge is 0.266 e. The van der Waals surface area contributed by atoms with E-state index in [1.54, 1.807) is 0 Å². The van der Waals surface area contributed by atoms with E-state index < -0.39 is 0 Å². The van der Waals surface area contributed by atoms with Gasteiger partial charge in [0.05, 0.1) is 29.3 Å². The Kier molecular flexibility index (Phi) is 3.97. The van der Waals surface area contributed by atoms with Gasteiger partial charge in [0, 0.05) is 23.7 Å². The number of para-hydroxylation sites is 1. The van der Waals surface area contributed by atoms with E-state index in [-0.39, 0.29) is 5.38 Å². The molecule has 110 valence electrons. The van der Waals surface area contributed by atoms with Gasteiger partial charge in [-0.05, 0) is 19.4 Å². The van der Waals surface area contributed by atoms with Crippen LogP contribution in [0.2, 0.25) is 0 Å². The topological polar surface area (TPSA) is 35.6 Å². The first-order chi connectivity index (χ1) is 10.2. The van der Waals surface area contributed by atoms with E-state index in [9.17, 15) is 0 Å². The first-order valence-corrected chi connectivity index (χ1v) is 7.77. The van der Waals surface area contributed by atoms with Gasteiger partial charge < -0.3 is 0 Å². The maximum Gasteiger partial charge on any atom is 0.0918 e. The summed E-state index contributed by atoms with van der Waals surface area (Å²) in [7, 11) is 0. The van der Waals surface area contributed by atoms with Crippen LogP contribution in [0, 0.1) is 0 Å². The molecule has 4 nitrogen and oxygen atoms in total. The summed E-state index contributed by atoms with van der Waals surface area (Å²) in [6.07, 6.45) is 4.77. The summed E-state index contributed by atoms with van der Waals surface area (Å²) < 4.78 is 3.95. The number of hydrogen-bond acceptors (Lipinski definition) is 2. The normalized spacial score (nSPS) is 12.9. The number of aromatic nitrogens is 4. The third kappa shape index (κ3) is 2.68. The van der Waals surface area contributed by atoms with Crippen molar-refractivity contribution in [2.24, 2.45) is 0 Å². The first kappa shape index (κ1) is 14.1. The van der Waals surface area contributed by atoms with E-state index in [1.165, 1.54) is 10.9 Å². The van der Waals surface area contributed by atoms with Crippen LogP contribution in [0.15, 0.2) is 36.7 Å². The predicted octanol–water partition coefficient (Wildman–Crippen LogP) is 3.99. The van der Waals surface area contributed by atoms with Crippen molar-refractivity contribution in [3.05, 3.63) is 47.9 Å². The minimum absolute atomic E-state index is 0.0312. The van der Waals surface area contributed by atoms with Gasteiger partial charge in [0.2, 0.25) is 0 Å². The van der Waals surface area contributed by atoms with Gasteiger partial charge in [-0.1, -0.05) is 25.1 Å². The zero-order valence-electron chi connectivity index (χ0n) is 12.3. The maximum absolute atomic E-state index is 6.26. The minimum atomic E-state index is 0.0312. The van der Waals surface area contributed by atoms with Gasteiger partial charge in [0.1, 0.15) is 0 Å². The van der Waals surface area contributed by atoms with Crippen LogP contribution in [-0.2, 0) is 13.1 Å². The van der Waals surface area contributed by atoms with Gasteiger partial charge >= 0.3 is 0 Å². The molecule has 0 N–H and O–H groups in total. The number of halogens is 1. The molecule has 3 rings (SSSR count). The maximum atomic E-state index is 6.26. The van der Waals surface area contributed by atoms with Crippen LogP contribution in [0.25, 0.3) is 10.9 Å². The van der Waals surface area contributed by atoms with Gasteiger partial charge in [-0.2, -0.15) is 10.2 Å². The van der Waals surface area contributed by atoms with Gasteiger partial charge in [-0.25, -0.2) is 0 Å². The summed E-state index contributed by atoms with van der Waals surface area (Å²) in [4.78, 5) is 0. The van der Waals surface area contributed by atoms with Crippen LogP contribution in [-0.4, -0.2) is 19.6 Å². The third-order valence-electron chi connectivity index (χ3n) is 3.72. The number of aryl methyl sites for hydroxylation is 1. The fourth-order valence-corrected chi connectivity index (χ4v) is 2.68. The molecule has 3 aromatic rings. The highest BCUT2D eigenvalue weighted by atomic mass is 35.5. The molecule has 0 bridgehead atoms. The van der Waals surface area contributed by atoms with Crippen molar-refractivity contribution < 1.29 is 0 Å². The second-order valence-corrected chi connectivity index (χ2v) is 5.65. The fraction of sp³-hybridized carbons (Fsp3) is 0.375. The molecule has 1 unspecified atom stereocenters. The molecule has 0 amide bonds. The Labute approximate surface area is 129 Å². The number of hydrogen-bond donors (Lipinski definition) is 0. The van der Waals surface area contributed by atoms with Crippen LogP contribution in [0.1, 0.15) is 36.9 Å². The zero-order chi connectivity index (χ0) is 14.8. The first-order valence-electron chi connectivity index (χ1n) is 7.33. The molecule has 21 heavy (non-hydrogen) atoms. The second-order valence-electron chi connectivity index (χ2n) is 5.13. The highest BCUT2D eigenvalue weighted by Gasteiger charge is 2.12. The van der Waals surface area contributed by atoms with Crippen LogP contribution in [0.3, 0.4) is 0 Å². The Morgan fingerprint density at radius 3 is 2.81 bits per heavy atom. The summed E-state index contributed by atoms with van der Waals surface area (Å²) in [6, 6.07) is 8.32. The standard InChI is InChI=1S/C16H19ClN4/c1-3-14(17)12-9-18-20(10-12)11-15-13-7-5-6-8-16(13)21(4-2)19-15/h5-10,14H,3-4,11H2,1-2H3. The van der Waals surface area contributed by atoms with Gasteiger partial charge in [-0.15, -0.1) is 11.6 Å². The highest BCUT2D eigenvalue weighted by molar-refractivity contribution is 6.20. The Morgan fingerprint density at radius 2 is 2.05 bits per heavy atom. The summed E-state index contributed by atoms with van der Waals surface area (Å²) in [6.45, 7) is 5.71. The van der Waals surface area contributed by atoms with Crippen molar-refractivity contribution in [3.63, 3.8) is 0 Å². The molecule has 0 fully saturated rings. The fourth-order valence-electron chi connectivity index (χ4n) is 2.57. The number of alkyl halides is 1. The molecule has 0 saturated carbocycles. The van der Waals surface area contributed by atoms with E-state index in [2.05, 4.69) is 31.1 Å². The predicted molar refractivity (Wildman–Crippen MR) is 85.6 cm³/mol. The number of rotatable bonds is 5. The molecule has 0 radical (unpaired) electrons. The Balaban J connectivity index is 1.93. The van der Waals surface area contributed by atoms with Crippen molar-refractivity contribution >= 4 is 22.5 Å². The SMILES string of the molecule is CCC(Cl)c1cnn(Cc2nn(CC)c3ccccc23)c1. The lowest BCUT2D eigenvalue weighted by Gasteiger charge is -2.01. The quantitative estimate of drug-likeness (QED) is 0.668. The van der Waals surface area contributed by atoms with Crippen LogP contribution >= 0.6 is 11.6 Å². The van der Waals surface area contributed by atoms with Gasteiger partial charge in [-0.3, -0.25) is 9.36 Å². The molecule has 0 spiro atoms. The van der Waals surface area contributed by atoms with Crippen molar-refractivity contribution in [2.75, 3.05) is 0 Å². The Bertz CT molecular complexity index is 744. The van der Waals surface area contributed by atoms with Crippen molar-refractivity contribution in [2.45, 2.75) is 38.7 Å².